The second-order valence-electron chi connectivity index (χ2n) is 7.71. The number of rotatable bonds is 7. The average Bonchev–Trinajstić information content (AvgIpc) is 2.80. The molecular formula is C23H29N3O4S. The van der Waals surface area contributed by atoms with Crippen LogP contribution >= 0.6 is 0 Å². The highest BCUT2D eigenvalue weighted by molar-refractivity contribution is 7.89. The highest BCUT2D eigenvalue weighted by Gasteiger charge is 2.26. The number of piperidine rings is 1. The van der Waals surface area contributed by atoms with Crippen LogP contribution in [0.5, 0.6) is 0 Å². The molecule has 1 aliphatic rings. The standard InChI is InChI=1S/C23H29N3O4S/c1-3-22(27)25-20-12-10-18(11-13-20)17(2)24-23(28)19-8-7-9-21(16-19)31(29,30)26-14-5-4-6-15-26/h7-13,16-17H,3-6,14-15H2,1-2H3,(H,24,28)(H,25,27). The highest BCUT2D eigenvalue weighted by Crippen LogP contribution is 2.22. The van der Waals surface area contributed by atoms with E-state index in [9.17, 15) is 18.0 Å². The van der Waals surface area contributed by atoms with Gasteiger partial charge in [0.15, 0.2) is 0 Å². The zero-order chi connectivity index (χ0) is 22.4. The van der Waals surface area contributed by atoms with E-state index in [0.717, 1.165) is 24.8 Å². The number of carbonyl (C=O) groups excluding carboxylic acids is 2. The monoisotopic (exact) mass is 443 g/mol. The van der Waals surface area contributed by atoms with Crippen molar-refractivity contribution in [2.75, 3.05) is 18.4 Å². The third-order valence-electron chi connectivity index (χ3n) is 5.41. The molecule has 0 spiro atoms. The Labute approximate surface area is 183 Å². The second kappa shape index (κ2) is 10.1. The molecule has 2 N–H and O–H groups in total. The maximum atomic E-state index is 12.9. The number of benzene rings is 2. The lowest BCUT2D eigenvalue weighted by Crippen LogP contribution is -2.35. The summed E-state index contributed by atoms with van der Waals surface area (Å²) in [6.45, 7) is 4.68. The van der Waals surface area contributed by atoms with Gasteiger partial charge < -0.3 is 10.6 Å². The van der Waals surface area contributed by atoms with Gasteiger partial charge in [-0.2, -0.15) is 4.31 Å². The molecule has 1 heterocycles. The van der Waals surface area contributed by atoms with E-state index in [2.05, 4.69) is 10.6 Å². The fraction of sp³-hybridized carbons (Fsp3) is 0.391. The molecule has 2 amide bonds. The molecule has 0 aliphatic carbocycles. The summed E-state index contributed by atoms with van der Waals surface area (Å²) in [7, 11) is -3.60. The Morgan fingerprint density at radius 2 is 1.71 bits per heavy atom. The summed E-state index contributed by atoms with van der Waals surface area (Å²) >= 11 is 0. The lowest BCUT2D eigenvalue weighted by atomic mass is 10.1. The molecule has 1 fully saturated rings. The van der Waals surface area contributed by atoms with Gasteiger partial charge in [0.2, 0.25) is 15.9 Å². The minimum Gasteiger partial charge on any atom is -0.346 e. The second-order valence-corrected chi connectivity index (χ2v) is 9.65. The third kappa shape index (κ3) is 5.71. The summed E-state index contributed by atoms with van der Waals surface area (Å²) in [6.07, 6.45) is 3.16. The predicted octanol–water partition coefficient (Wildman–Crippen LogP) is 3.70. The van der Waals surface area contributed by atoms with E-state index in [4.69, 9.17) is 0 Å². The first-order valence-corrected chi connectivity index (χ1v) is 12.1. The smallest absolute Gasteiger partial charge is 0.251 e. The fourth-order valence-corrected chi connectivity index (χ4v) is 5.08. The van der Waals surface area contributed by atoms with Crippen LogP contribution in [0.4, 0.5) is 5.69 Å². The SMILES string of the molecule is CCC(=O)Nc1ccc(C(C)NC(=O)c2cccc(S(=O)(=O)N3CCCCC3)c2)cc1. The molecule has 1 aliphatic heterocycles. The Bertz CT molecular complexity index is 1030. The first kappa shape index (κ1) is 23.0. The van der Waals surface area contributed by atoms with Crippen LogP contribution in [0.2, 0.25) is 0 Å². The van der Waals surface area contributed by atoms with Gasteiger partial charge in [-0.25, -0.2) is 8.42 Å². The number of nitrogens with one attached hydrogen (secondary N) is 2. The van der Waals surface area contributed by atoms with Crippen LogP contribution in [0.3, 0.4) is 0 Å². The zero-order valence-electron chi connectivity index (χ0n) is 17.9. The minimum atomic E-state index is -3.60. The van der Waals surface area contributed by atoms with Crippen molar-refractivity contribution in [1.29, 1.82) is 0 Å². The first-order chi connectivity index (χ1) is 14.8. The van der Waals surface area contributed by atoms with E-state index >= 15 is 0 Å². The number of hydrogen-bond donors (Lipinski definition) is 2. The normalized spacial score (nSPS) is 15.8. The van der Waals surface area contributed by atoms with Crippen molar-refractivity contribution in [2.45, 2.75) is 50.5 Å². The van der Waals surface area contributed by atoms with Crippen molar-refractivity contribution in [2.24, 2.45) is 0 Å². The molecule has 2 aromatic rings. The molecule has 7 nitrogen and oxygen atoms in total. The molecule has 8 heteroatoms. The Morgan fingerprint density at radius 3 is 2.35 bits per heavy atom. The van der Waals surface area contributed by atoms with E-state index in [1.54, 1.807) is 31.2 Å². The number of anilines is 1. The van der Waals surface area contributed by atoms with Gasteiger partial charge in [0.1, 0.15) is 0 Å². The van der Waals surface area contributed by atoms with Crippen molar-refractivity contribution in [3.8, 4) is 0 Å². The highest BCUT2D eigenvalue weighted by atomic mass is 32.2. The Kier molecular flexibility index (Phi) is 7.46. The average molecular weight is 444 g/mol. The van der Waals surface area contributed by atoms with Gasteiger partial charge in [0.25, 0.3) is 5.91 Å². The maximum absolute atomic E-state index is 12.9. The van der Waals surface area contributed by atoms with Gasteiger partial charge in [-0.15, -0.1) is 0 Å². The quantitative estimate of drug-likeness (QED) is 0.682. The summed E-state index contributed by atoms with van der Waals surface area (Å²) in [6, 6.07) is 13.2. The van der Waals surface area contributed by atoms with E-state index in [-0.39, 0.29) is 22.8 Å². The Balaban J connectivity index is 1.69. The molecule has 31 heavy (non-hydrogen) atoms. The van der Waals surface area contributed by atoms with Crippen LogP contribution in [-0.4, -0.2) is 37.6 Å². The van der Waals surface area contributed by atoms with E-state index in [0.29, 0.717) is 30.8 Å². The molecule has 1 saturated heterocycles. The van der Waals surface area contributed by atoms with Gasteiger partial charge >= 0.3 is 0 Å². The van der Waals surface area contributed by atoms with Crippen LogP contribution in [0.15, 0.2) is 53.4 Å². The predicted molar refractivity (Wildman–Crippen MR) is 120 cm³/mol. The molecule has 166 valence electrons. The van der Waals surface area contributed by atoms with Gasteiger partial charge in [-0.3, -0.25) is 9.59 Å². The van der Waals surface area contributed by atoms with E-state index in [1.807, 2.05) is 19.1 Å². The van der Waals surface area contributed by atoms with Crippen molar-refractivity contribution in [3.05, 3.63) is 59.7 Å². The summed E-state index contributed by atoms with van der Waals surface area (Å²) in [5, 5.41) is 5.69. The number of sulfonamides is 1. The topological polar surface area (TPSA) is 95.6 Å². The van der Waals surface area contributed by atoms with Gasteiger partial charge in [0, 0.05) is 30.8 Å². The summed E-state index contributed by atoms with van der Waals surface area (Å²) < 4.78 is 27.3. The minimum absolute atomic E-state index is 0.0616. The molecule has 0 saturated carbocycles. The van der Waals surface area contributed by atoms with Crippen molar-refractivity contribution < 1.29 is 18.0 Å². The van der Waals surface area contributed by atoms with Gasteiger partial charge in [-0.05, 0) is 55.7 Å². The molecule has 3 rings (SSSR count). The maximum Gasteiger partial charge on any atom is 0.251 e. The van der Waals surface area contributed by atoms with E-state index in [1.165, 1.54) is 16.4 Å². The van der Waals surface area contributed by atoms with Crippen molar-refractivity contribution in [3.63, 3.8) is 0 Å². The first-order valence-electron chi connectivity index (χ1n) is 10.6. The summed E-state index contributed by atoms with van der Waals surface area (Å²) in [5.74, 6) is -0.403. The molecular weight excluding hydrogens is 414 g/mol. The van der Waals surface area contributed by atoms with Crippen LogP contribution in [0, 0.1) is 0 Å². The van der Waals surface area contributed by atoms with Crippen LogP contribution in [0.25, 0.3) is 0 Å². The van der Waals surface area contributed by atoms with Crippen LogP contribution < -0.4 is 10.6 Å². The molecule has 1 atom stereocenters. The van der Waals surface area contributed by atoms with Crippen LogP contribution in [0.1, 0.15) is 61.5 Å². The van der Waals surface area contributed by atoms with Gasteiger partial charge in [-0.1, -0.05) is 31.5 Å². The summed E-state index contributed by atoms with van der Waals surface area (Å²) in [5.41, 5.74) is 1.88. The number of amides is 2. The zero-order valence-corrected chi connectivity index (χ0v) is 18.7. The molecule has 0 radical (unpaired) electrons. The largest absolute Gasteiger partial charge is 0.346 e. The third-order valence-corrected chi connectivity index (χ3v) is 7.31. The fourth-order valence-electron chi connectivity index (χ4n) is 3.52. The van der Waals surface area contributed by atoms with Crippen LogP contribution in [-0.2, 0) is 14.8 Å². The molecule has 1 unspecified atom stereocenters. The Hall–Kier alpha value is -2.71. The van der Waals surface area contributed by atoms with Crippen molar-refractivity contribution in [1.82, 2.24) is 9.62 Å². The molecule has 0 bridgehead atoms. The number of hydrogen-bond acceptors (Lipinski definition) is 4. The summed E-state index contributed by atoms with van der Waals surface area (Å²) in [4.78, 5) is 24.4. The molecule has 0 aromatic heterocycles. The number of carbonyl (C=O) groups is 2. The lowest BCUT2D eigenvalue weighted by Gasteiger charge is -2.26. The lowest BCUT2D eigenvalue weighted by molar-refractivity contribution is -0.115. The Morgan fingerprint density at radius 1 is 1.03 bits per heavy atom. The van der Waals surface area contributed by atoms with Crippen molar-refractivity contribution >= 4 is 27.5 Å². The number of nitrogens with zero attached hydrogens (tertiary/aromatic N) is 1. The van der Waals surface area contributed by atoms with E-state index < -0.39 is 10.0 Å². The van der Waals surface area contributed by atoms with Gasteiger partial charge in [0.05, 0.1) is 10.9 Å². The molecule has 2 aromatic carbocycles.